The average molecular weight is 208 g/mol. The highest BCUT2D eigenvalue weighted by atomic mass is 16.3. The number of hydrogen-bond donors (Lipinski definition) is 2. The third-order valence-electron chi connectivity index (χ3n) is 2.39. The maximum Gasteiger partial charge on any atom is 0.0541 e. The Hall–Kier alpha value is -0.930. The quantitative estimate of drug-likeness (QED) is 0.744. The number of aryl methyl sites for hydroxylation is 1. The lowest BCUT2D eigenvalue weighted by Gasteiger charge is -2.10. The number of aliphatic hydroxyl groups excluding tert-OH is 1. The van der Waals surface area contributed by atoms with Gasteiger partial charge in [0.2, 0.25) is 0 Å². The molecule has 15 heavy (non-hydrogen) atoms. The van der Waals surface area contributed by atoms with E-state index in [4.69, 9.17) is 5.11 Å². The van der Waals surface area contributed by atoms with E-state index in [0.717, 1.165) is 25.2 Å². The van der Waals surface area contributed by atoms with E-state index in [-0.39, 0.29) is 6.61 Å². The Balaban J connectivity index is 2.22. The summed E-state index contributed by atoms with van der Waals surface area (Å²) in [5, 5.41) is 12.1. The number of pyridine rings is 1. The van der Waals surface area contributed by atoms with Crippen LogP contribution < -0.4 is 5.32 Å². The van der Waals surface area contributed by atoms with Crippen molar-refractivity contribution in [3.63, 3.8) is 0 Å². The van der Waals surface area contributed by atoms with Crippen LogP contribution in [0.1, 0.15) is 24.6 Å². The maximum absolute atomic E-state index is 8.74. The molecule has 3 heteroatoms. The molecule has 0 saturated carbocycles. The first kappa shape index (κ1) is 12.1. The van der Waals surface area contributed by atoms with Crippen LogP contribution in [0.25, 0.3) is 0 Å². The zero-order valence-electron chi connectivity index (χ0n) is 9.53. The zero-order valence-corrected chi connectivity index (χ0v) is 9.53. The largest absolute Gasteiger partial charge is 0.396 e. The predicted molar refractivity (Wildman–Crippen MR) is 61.5 cm³/mol. The lowest BCUT2D eigenvalue weighted by Crippen LogP contribution is -2.21. The summed E-state index contributed by atoms with van der Waals surface area (Å²) >= 11 is 0. The van der Waals surface area contributed by atoms with Gasteiger partial charge >= 0.3 is 0 Å². The predicted octanol–water partition coefficient (Wildman–Crippen LogP) is 1.50. The highest BCUT2D eigenvalue weighted by Crippen LogP contribution is 2.00. The van der Waals surface area contributed by atoms with Crippen molar-refractivity contribution in [3.8, 4) is 0 Å². The topological polar surface area (TPSA) is 45.1 Å². The van der Waals surface area contributed by atoms with E-state index in [0.29, 0.717) is 5.92 Å². The first-order chi connectivity index (χ1) is 7.22. The number of aromatic nitrogens is 1. The Kier molecular flexibility index (Phi) is 5.29. The molecule has 0 aliphatic carbocycles. The summed E-state index contributed by atoms with van der Waals surface area (Å²) in [6.45, 7) is 6.16. The second-order valence-corrected chi connectivity index (χ2v) is 4.08. The minimum atomic E-state index is 0.269. The van der Waals surface area contributed by atoms with Crippen LogP contribution in [0.4, 0.5) is 0 Å². The van der Waals surface area contributed by atoms with Gasteiger partial charge in [0.25, 0.3) is 0 Å². The summed E-state index contributed by atoms with van der Waals surface area (Å²) in [6, 6.07) is 4.11. The van der Waals surface area contributed by atoms with Crippen LogP contribution in [0.3, 0.4) is 0 Å². The van der Waals surface area contributed by atoms with Gasteiger partial charge < -0.3 is 10.4 Å². The van der Waals surface area contributed by atoms with E-state index in [1.807, 2.05) is 19.2 Å². The fourth-order valence-corrected chi connectivity index (χ4v) is 1.37. The molecule has 1 rings (SSSR count). The maximum atomic E-state index is 8.74. The Morgan fingerprint density at radius 1 is 1.47 bits per heavy atom. The highest BCUT2D eigenvalue weighted by Gasteiger charge is 2.00. The molecule has 1 heterocycles. The van der Waals surface area contributed by atoms with E-state index in [2.05, 4.69) is 23.3 Å². The molecule has 1 unspecified atom stereocenters. The van der Waals surface area contributed by atoms with Crippen molar-refractivity contribution >= 4 is 0 Å². The average Bonchev–Trinajstić information content (AvgIpc) is 2.21. The van der Waals surface area contributed by atoms with Crippen LogP contribution in [0, 0.1) is 12.8 Å². The van der Waals surface area contributed by atoms with Crippen molar-refractivity contribution in [2.45, 2.75) is 26.8 Å². The van der Waals surface area contributed by atoms with Gasteiger partial charge in [0.1, 0.15) is 0 Å². The summed E-state index contributed by atoms with van der Waals surface area (Å²) < 4.78 is 0. The number of nitrogens with one attached hydrogen (secondary N) is 1. The third-order valence-corrected chi connectivity index (χ3v) is 2.39. The first-order valence-electron chi connectivity index (χ1n) is 5.45. The monoisotopic (exact) mass is 208 g/mol. The Bertz CT molecular complexity index is 271. The molecule has 0 spiro atoms. The molecular formula is C12H20N2O. The van der Waals surface area contributed by atoms with Crippen LogP contribution in [0.2, 0.25) is 0 Å². The molecule has 84 valence electrons. The molecule has 0 amide bonds. The van der Waals surface area contributed by atoms with Crippen molar-refractivity contribution in [2.75, 3.05) is 13.2 Å². The summed E-state index contributed by atoms with van der Waals surface area (Å²) in [5.41, 5.74) is 2.25. The van der Waals surface area contributed by atoms with Crippen molar-refractivity contribution in [3.05, 3.63) is 29.6 Å². The molecule has 2 N–H and O–H groups in total. The molecule has 0 aliphatic heterocycles. The van der Waals surface area contributed by atoms with E-state index >= 15 is 0 Å². The smallest absolute Gasteiger partial charge is 0.0541 e. The SMILES string of the molecule is Cc1ccc(CNCC(C)CCO)nc1. The number of nitrogens with zero attached hydrogens (tertiary/aromatic N) is 1. The van der Waals surface area contributed by atoms with Crippen LogP contribution in [0.5, 0.6) is 0 Å². The lowest BCUT2D eigenvalue weighted by atomic mass is 10.1. The molecule has 0 radical (unpaired) electrons. The van der Waals surface area contributed by atoms with Gasteiger partial charge in [-0.3, -0.25) is 4.98 Å². The molecule has 0 bridgehead atoms. The van der Waals surface area contributed by atoms with Gasteiger partial charge in [-0.1, -0.05) is 13.0 Å². The molecule has 0 fully saturated rings. The van der Waals surface area contributed by atoms with Crippen molar-refractivity contribution in [1.82, 2.24) is 10.3 Å². The molecule has 1 aromatic heterocycles. The molecule has 0 aromatic carbocycles. The van der Waals surface area contributed by atoms with Gasteiger partial charge in [-0.15, -0.1) is 0 Å². The van der Waals surface area contributed by atoms with Gasteiger partial charge in [0.05, 0.1) is 5.69 Å². The van der Waals surface area contributed by atoms with Gasteiger partial charge in [-0.25, -0.2) is 0 Å². The van der Waals surface area contributed by atoms with Crippen molar-refractivity contribution < 1.29 is 5.11 Å². The highest BCUT2D eigenvalue weighted by molar-refractivity contribution is 5.11. The van der Waals surface area contributed by atoms with Crippen LogP contribution in [0.15, 0.2) is 18.3 Å². The molecule has 3 nitrogen and oxygen atoms in total. The summed E-state index contributed by atoms with van der Waals surface area (Å²) in [4.78, 5) is 4.31. The Morgan fingerprint density at radius 3 is 2.87 bits per heavy atom. The summed E-state index contributed by atoms with van der Waals surface area (Å²) in [6.07, 6.45) is 2.74. The van der Waals surface area contributed by atoms with Crippen molar-refractivity contribution in [2.24, 2.45) is 5.92 Å². The van der Waals surface area contributed by atoms with E-state index in [1.54, 1.807) is 0 Å². The van der Waals surface area contributed by atoms with E-state index < -0.39 is 0 Å². The fraction of sp³-hybridized carbons (Fsp3) is 0.583. The fourth-order valence-electron chi connectivity index (χ4n) is 1.37. The van der Waals surface area contributed by atoms with E-state index in [9.17, 15) is 0 Å². The second-order valence-electron chi connectivity index (χ2n) is 4.08. The summed E-state index contributed by atoms with van der Waals surface area (Å²) in [7, 11) is 0. The van der Waals surface area contributed by atoms with Crippen LogP contribution in [-0.4, -0.2) is 23.2 Å². The molecule has 1 aromatic rings. The van der Waals surface area contributed by atoms with Crippen molar-refractivity contribution in [1.29, 1.82) is 0 Å². The minimum Gasteiger partial charge on any atom is -0.396 e. The standard InChI is InChI=1S/C12H20N2O/c1-10-3-4-12(14-8-10)9-13-7-11(2)5-6-15/h3-4,8,11,13,15H,5-7,9H2,1-2H3. The number of hydrogen-bond acceptors (Lipinski definition) is 3. The normalized spacial score (nSPS) is 12.7. The molecule has 0 aliphatic rings. The minimum absolute atomic E-state index is 0.269. The number of rotatable bonds is 6. The third kappa shape index (κ3) is 4.91. The molecule has 1 atom stereocenters. The Labute approximate surface area is 91.5 Å². The molecule has 0 saturated heterocycles. The zero-order chi connectivity index (χ0) is 11.1. The van der Waals surface area contributed by atoms with Gasteiger partial charge in [0, 0.05) is 19.3 Å². The van der Waals surface area contributed by atoms with Gasteiger partial charge in [-0.05, 0) is 37.4 Å². The Morgan fingerprint density at radius 2 is 2.27 bits per heavy atom. The van der Waals surface area contributed by atoms with Gasteiger partial charge in [0.15, 0.2) is 0 Å². The molecular weight excluding hydrogens is 188 g/mol. The van der Waals surface area contributed by atoms with E-state index in [1.165, 1.54) is 5.56 Å². The number of aliphatic hydroxyl groups is 1. The second kappa shape index (κ2) is 6.53. The van der Waals surface area contributed by atoms with Crippen LogP contribution >= 0.6 is 0 Å². The van der Waals surface area contributed by atoms with Crippen LogP contribution in [-0.2, 0) is 6.54 Å². The summed E-state index contributed by atoms with van der Waals surface area (Å²) in [5.74, 6) is 0.514. The first-order valence-corrected chi connectivity index (χ1v) is 5.45. The lowest BCUT2D eigenvalue weighted by molar-refractivity contribution is 0.260. The van der Waals surface area contributed by atoms with Gasteiger partial charge in [-0.2, -0.15) is 0 Å².